The van der Waals surface area contributed by atoms with Crippen molar-refractivity contribution in [2.75, 3.05) is 13.6 Å². The van der Waals surface area contributed by atoms with E-state index in [0.29, 0.717) is 0 Å². The molecule has 0 saturated heterocycles. The minimum Gasteiger partial charge on any atom is -0.319 e. The van der Waals surface area contributed by atoms with Gasteiger partial charge in [-0.1, -0.05) is 23.8 Å². The van der Waals surface area contributed by atoms with Crippen LogP contribution in [0, 0.1) is 20.8 Å². The molecule has 3 heteroatoms. The molecule has 0 amide bonds. The van der Waals surface area contributed by atoms with Crippen molar-refractivity contribution in [3.8, 4) is 11.1 Å². The van der Waals surface area contributed by atoms with Crippen LogP contribution in [0.5, 0.6) is 0 Å². The second kappa shape index (κ2) is 5.57. The topological polar surface area (TPSA) is 29.9 Å². The third kappa shape index (κ3) is 2.71. The molecule has 1 heterocycles. The quantitative estimate of drug-likeness (QED) is 0.912. The van der Waals surface area contributed by atoms with Gasteiger partial charge in [-0.3, -0.25) is 4.68 Å². The minimum absolute atomic E-state index is 0.969. The molecule has 19 heavy (non-hydrogen) atoms. The van der Waals surface area contributed by atoms with Gasteiger partial charge in [0.1, 0.15) is 0 Å². The molecule has 0 aliphatic carbocycles. The van der Waals surface area contributed by atoms with Gasteiger partial charge in [0, 0.05) is 31.3 Å². The van der Waals surface area contributed by atoms with Crippen LogP contribution in [0.2, 0.25) is 0 Å². The summed E-state index contributed by atoms with van der Waals surface area (Å²) in [5.74, 6) is 0. The number of benzene rings is 1. The molecule has 1 aromatic heterocycles. The molecule has 1 aromatic carbocycles. The fraction of sp³-hybridized carbons (Fsp3) is 0.438. The van der Waals surface area contributed by atoms with Gasteiger partial charge < -0.3 is 5.32 Å². The highest BCUT2D eigenvalue weighted by Gasteiger charge is 2.16. The van der Waals surface area contributed by atoms with Crippen molar-refractivity contribution in [1.29, 1.82) is 0 Å². The van der Waals surface area contributed by atoms with Crippen LogP contribution in [0.3, 0.4) is 0 Å². The van der Waals surface area contributed by atoms with Gasteiger partial charge in [-0.05, 0) is 38.9 Å². The maximum Gasteiger partial charge on any atom is 0.0675 e. The Kier molecular flexibility index (Phi) is 4.05. The van der Waals surface area contributed by atoms with Gasteiger partial charge in [-0.15, -0.1) is 0 Å². The molecule has 0 atom stereocenters. The predicted octanol–water partition coefficient (Wildman–Crippen LogP) is 2.77. The lowest BCUT2D eigenvalue weighted by Gasteiger charge is -2.10. The highest BCUT2D eigenvalue weighted by Crippen LogP contribution is 2.30. The van der Waals surface area contributed by atoms with E-state index in [1.165, 1.54) is 27.9 Å². The largest absolute Gasteiger partial charge is 0.319 e. The van der Waals surface area contributed by atoms with Gasteiger partial charge in [-0.2, -0.15) is 5.10 Å². The Bertz CT molecular complexity index is 582. The Morgan fingerprint density at radius 1 is 1.21 bits per heavy atom. The number of aromatic nitrogens is 2. The first kappa shape index (κ1) is 13.8. The van der Waals surface area contributed by atoms with E-state index >= 15 is 0 Å². The van der Waals surface area contributed by atoms with E-state index < -0.39 is 0 Å². The second-order valence-corrected chi connectivity index (χ2v) is 5.20. The van der Waals surface area contributed by atoms with Crippen molar-refractivity contribution in [1.82, 2.24) is 15.1 Å². The van der Waals surface area contributed by atoms with Crippen molar-refractivity contribution in [2.45, 2.75) is 27.2 Å². The average molecular weight is 257 g/mol. The number of aryl methyl sites for hydroxylation is 4. The molecule has 0 saturated carbocycles. The van der Waals surface area contributed by atoms with Gasteiger partial charge in [-0.25, -0.2) is 0 Å². The van der Waals surface area contributed by atoms with Gasteiger partial charge >= 0.3 is 0 Å². The van der Waals surface area contributed by atoms with E-state index in [9.17, 15) is 0 Å². The van der Waals surface area contributed by atoms with E-state index in [1.54, 1.807) is 0 Å². The maximum atomic E-state index is 4.59. The zero-order valence-corrected chi connectivity index (χ0v) is 12.5. The normalized spacial score (nSPS) is 11.0. The van der Waals surface area contributed by atoms with E-state index in [4.69, 9.17) is 0 Å². The molecule has 2 rings (SSSR count). The SMILES string of the molecule is CNCCc1c(-c2ccc(C)cc2C)c(C)nn1C. The standard InChI is InChI=1S/C16H23N3/c1-11-6-7-14(12(2)10-11)16-13(3)18-19(5)15(16)8-9-17-4/h6-7,10,17H,8-9H2,1-5H3. The molecule has 3 nitrogen and oxygen atoms in total. The van der Waals surface area contributed by atoms with Gasteiger partial charge in [0.05, 0.1) is 5.69 Å². The van der Waals surface area contributed by atoms with E-state index in [0.717, 1.165) is 18.7 Å². The molecular weight excluding hydrogens is 234 g/mol. The Morgan fingerprint density at radius 2 is 1.95 bits per heavy atom. The summed E-state index contributed by atoms with van der Waals surface area (Å²) < 4.78 is 2.02. The van der Waals surface area contributed by atoms with E-state index in [1.807, 2.05) is 18.8 Å². The van der Waals surface area contributed by atoms with Gasteiger partial charge in [0.15, 0.2) is 0 Å². The van der Waals surface area contributed by atoms with Crippen LogP contribution < -0.4 is 5.32 Å². The predicted molar refractivity (Wildman–Crippen MR) is 80.5 cm³/mol. The third-order valence-electron chi connectivity index (χ3n) is 3.60. The van der Waals surface area contributed by atoms with Crippen LogP contribution in [0.1, 0.15) is 22.5 Å². The Hall–Kier alpha value is -1.61. The first-order valence-corrected chi connectivity index (χ1v) is 6.79. The van der Waals surface area contributed by atoms with Crippen LogP contribution in [0.4, 0.5) is 0 Å². The van der Waals surface area contributed by atoms with Crippen molar-refractivity contribution in [2.24, 2.45) is 7.05 Å². The zero-order valence-electron chi connectivity index (χ0n) is 12.5. The number of nitrogens with one attached hydrogen (secondary N) is 1. The Labute approximate surface area is 115 Å². The summed E-state index contributed by atoms with van der Waals surface area (Å²) in [6, 6.07) is 6.64. The van der Waals surface area contributed by atoms with Crippen LogP contribution in [-0.4, -0.2) is 23.4 Å². The monoisotopic (exact) mass is 257 g/mol. The van der Waals surface area contributed by atoms with Gasteiger partial charge in [0.25, 0.3) is 0 Å². The highest BCUT2D eigenvalue weighted by molar-refractivity contribution is 5.72. The number of nitrogens with zero attached hydrogens (tertiary/aromatic N) is 2. The number of hydrogen-bond donors (Lipinski definition) is 1. The maximum absolute atomic E-state index is 4.59. The highest BCUT2D eigenvalue weighted by atomic mass is 15.3. The van der Waals surface area contributed by atoms with Crippen molar-refractivity contribution in [3.63, 3.8) is 0 Å². The summed E-state index contributed by atoms with van der Waals surface area (Å²) in [5, 5.41) is 7.81. The summed E-state index contributed by atoms with van der Waals surface area (Å²) in [6.45, 7) is 7.37. The minimum atomic E-state index is 0.969. The van der Waals surface area contributed by atoms with Crippen LogP contribution in [0.15, 0.2) is 18.2 Å². The fourth-order valence-electron chi connectivity index (χ4n) is 2.68. The smallest absolute Gasteiger partial charge is 0.0675 e. The van der Waals surface area contributed by atoms with E-state index in [2.05, 4.69) is 49.4 Å². The van der Waals surface area contributed by atoms with Gasteiger partial charge in [0.2, 0.25) is 0 Å². The van der Waals surface area contributed by atoms with Crippen molar-refractivity contribution < 1.29 is 0 Å². The molecular formula is C16H23N3. The molecule has 2 aromatic rings. The molecule has 0 fully saturated rings. The Balaban J connectivity index is 2.54. The summed E-state index contributed by atoms with van der Waals surface area (Å²) in [5.41, 5.74) is 7.65. The lowest BCUT2D eigenvalue weighted by molar-refractivity contribution is 0.678. The first-order chi connectivity index (χ1) is 9.04. The molecule has 1 N–H and O–H groups in total. The van der Waals surface area contributed by atoms with Crippen LogP contribution in [0.25, 0.3) is 11.1 Å². The second-order valence-electron chi connectivity index (χ2n) is 5.20. The molecule has 102 valence electrons. The van der Waals surface area contributed by atoms with Crippen LogP contribution >= 0.6 is 0 Å². The molecule has 0 radical (unpaired) electrons. The number of hydrogen-bond acceptors (Lipinski definition) is 2. The molecule has 0 aliphatic heterocycles. The number of rotatable bonds is 4. The van der Waals surface area contributed by atoms with E-state index in [-0.39, 0.29) is 0 Å². The molecule has 0 aliphatic rings. The zero-order chi connectivity index (χ0) is 14.0. The first-order valence-electron chi connectivity index (χ1n) is 6.79. The third-order valence-corrected chi connectivity index (χ3v) is 3.60. The van der Waals surface area contributed by atoms with Crippen molar-refractivity contribution >= 4 is 0 Å². The molecule has 0 unspecified atom stereocenters. The molecule has 0 bridgehead atoms. The number of likely N-dealkylation sites (N-methyl/N-ethyl adjacent to an activating group) is 1. The lowest BCUT2D eigenvalue weighted by Crippen LogP contribution is -2.13. The fourth-order valence-corrected chi connectivity index (χ4v) is 2.68. The Morgan fingerprint density at radius 3 is 2.58 bits per heavy atom. The van der Waals surface area contributed by atoms with Crippen LogP contribution in [-0.2, 0) is 13.5 Å². The summed E-state index contributed by atoms with van der Waals surface area (Å²) >= 11 is 0. The summed E-state index contributed by atoms with van der Waals surface area (Å²) in [6.07, 6.45) is 0.997. The van der Waals surface area contributed by atoms with Crippen molar-refractivity contribution in [3.05, 3.63) is 40.7 Å². The average Bonchev–Trinajstić information content (AvgIpc) is 2.62. The molecule has 0 spiro atoms. The summed E-state index contributed by atoms with van der Waals surface area (Å²) in [7, 11) is 4.02. The lowest BCUT2D eigenvalue weighted by atomic mass is 9.96. The summed E-state index contributed by atoms with van der Waals surface area (Å²) in [4.78, 5) is 0.